The van der Waals surface area contributed by atoms with E-state index in [-0.39, 0.29) is 10.6 Å². The number of rotatable bonds is 5. The lowest BCUT2D eigenvalue weighted by Crippen LogP contribution is -2.02. The number of thiophene rings is 1. The van der Waals surface area contributed by atoms with Crippen molar-refractivity contribution in [2.75, 3.05) is 25.3 Å². The highest BCUT2D eigenvalue weighted by Gasteiger charge is 2.22. The van der Waals surface area contributed by atoms with Crippen molar-refractivity contribution < 1.29 is 18.8 Å². The minimum atomic E-state index is -0.507. The molecule has 2 heterocycles. The highest BCUT2D eigenvalue weighted by Crippen LogP contribution is 2.42. The number of ether oxygens (including phenoxy) is 2. The van der Waals surface area contributed by atoms with Crippen molar-refractivity contribution in [1.82, 2.24) is 10.1 Å². The summed E-state index contributed by atoms with van der Waals surface area (Å²) in [5, 5.41) is 7.32. The van der Waals surface area contributed by atoms with E-state index in [0.29, 0.717) is 29.0 Å². The van der Waals surface area contributed by atoms with Gasteiger partial charge in [-0.3, -0.25) is 0 Å². The van der Waals surface area contributed by atoms with Gasteiger partial charge in [0.15, 0.2) is 11.6 Å². The molecule has 0 unspecified atom stereocenters. The SMILES string of the molecule is COC(=O)c1sc(NCc2nc(C)no2)c(OC)c1N. The van der Waals surface area contributed by atoms with Crippen LogP contribution in [0.2, 0.25) is 0 Å². The van der Waals surface area contributed by atoms with E-state index in [9.17, 15) is 4.79 Å². The molecule has 0 radical (unpaired) electrons. The Morgan fingerprint density at radius 2 is 2.25 bits per heavy atom. The fourth-order valence-corrected chi connectivity index (χ4v) is 2.56. The average molecular weight is 298 g/mol. The molecule has 0 fully saturated rings. The first-order valence-corrected chi connectivity index (χ1v) is 6.46. The first-order valence-electron chi connectivity index (χ1n) is 5.64. The van der Waals surface area contributed by atoms with Crippen molar-refractivity contribution in [3.63, 3.8) is 0 Å². The highest BCUT2D eigenvalue weighted by atomic mass is 32.1. The van der Waals surface area contributed by atoms with Gasteiger partial charge in [-0.05, 0) is 6.92 Å². The third-order valence-corrected chi connectivity index (χ3v) is 3.57. The van der Waals surface area contributed by atoms with E-state index in [4.69, 9.17) is 15.0 Å². The van der Waals surface area contributed by atoms with E-state index < -0.39 is 5.97 Å². The molecular weight excluding hydrogens is 284 g/mol. The molecule has 8 nitrogen and oxygen atoms in total. The minimum absolute atomic E-state index is 0.244. The third-order valence-electron chi connectivity index (χ3n) is 2.44. The molecule has 20 heavy (non-hydrogen) atoms. The van der Waals surface area contributed by atoms with Crippen molar-refractivity contribution in [2.24, 2.45) is 0 Å². The number of esters is 1. The van der Waals surface area contributed by atoms with E-state index >= 15 is 0 Å². The molecule has 0 spiro atoms. The number of hydrogen-bond donors (Lipinski definition) is 2. The highest BCUT2D eigenvalue weighted by molar-refractivity contribution is 7.19. The molecule has 0 aliphatic carbocycles. The molecule has 2 aromatic heterocycles. The van der Waals surface area contributed by atoms with Crippen molar-refractivity contribution >= 4 is 28.0 Å². The zero-order chi connectivity index (χ0) is 14.7. The van der Waals surface area contributed by atoms with Gasteiger partial charge in [0.25, 0.3) is 0 Å². The van der Waals surface area contributed by atoms with Crippen LogP contribution >= 0.6 is 11.3 Å². The third kappa shape index (κ3) is 2.67. The van der Waals surface area contributed by atoms with Gasteiger partial charge in [-0.25, -0.2) is 4.79 Å². The molecule has 0 aromatic carbocycles. The second-order valence-corrected chi connectivity index (χ2v) is 4.81. The molecule has 0 saturated heterocycles. The summed E-state index contributed by atoms with van der Waals surface area (Å²) in [5.41, 5.74) is 6.10. The molecule has 2 rings (SSSR count). The predicted octanol–water partition coefficient (Wildman–Crippen LogP) is 1.43. The second-order valence-electron chi connectivity index (χ2n) is 3.79. The van der Waals surface area contributed by atoms with Gasteiger partial charge in [-0.1, -0.05) is 5.16 Å². The Kier molecular flexibility index (Phi) is 4.08. The molecule has 108 valence electrons. The lowest BCUT2D eigenvalue weighted by atomic mass is 10.3. The Labute approximate surface area is 118 Å². The van der Waals surface area contributed by atoms with Gasteiger partial charge in [0.2, 0.25) is 5.89 Å². The molecule has 2 aromatic rings. The van der Waals surface area contributed by atoms with E-state index in [0.717, 1.165) is 11.3 Å². The first kappa shape index (κ1) is 14.1. The first-order chi connectivity index (χ1) is 9.56. The van der Waals surface area contributed by atoms with Crippen molar-refractivity contribution in [1.29, 1.82) is 0 Å². The summed E-state index contributed by atoms with van der Waals surface area (Å²) in [6, 6.07) is 0. The largest absolute Gasteiger partial charge is 0.492 e. The molecule has 0 aliphatic heterocycles. The number of hydrogen-bond acceptors (Lipinski definition) is 9. The number of nitrogens with one attached hydrogen (secondary N) is 1. The van der Waals surface area contributed by atoms with Crippen molar-refractivity contribution in [2.45, 2.75) is 13.5 Å². The molecule has 9 heteroatoms. The maximum absolute atomic E-state index is 11.6. The smallest absolute Gasteiger partial charge is 0.350 e. The lowest BCUT2D eigenvalue weighted by Gasteiger charge is -2.04. The van der Waals surface area contributed by atoms with Gasteiger partial charge < -0.3 is 25.0 Å². The van der Waals surface area contributed by atoms with E-state index in [1.165, 1.54) is 14.2 Å². The fourth-order valence-electron chi connectivity index (χ4n) is 1.56. The van der Waals surface area contributed by atoms with Gasteiger partial charge in [-0.15, -0.1) is 11.3 Å². The van der Waals surface area contributed by atoms with Crippen LogP contribution in [0.4, 0.5) is 10.7 Å². The van der Waals surface area contributed by atoms with Crippen LogP contribution in [0.1, 0.15) is 21.4 Å². The number of carbonyl (C=O) groups excluding carboxylic acids is 1. The zero-order valence-electron chi connectivity index (χ0n) is 11.2. The molecule has 0 aliphatic rings. The summed E-state index contributed by atoms with van der Waals surface area (Å²) in [4.78, 5) is 15.9. The lowest BCUT2D eigenvalue weighted by molar-refractivity contribution is 0.0607. The zero-order valence-corrected chi connectivity index (χ0v) is 12.0. The number of anilines is 2. The predicted molar refractivity (Wildman–Crippen MR) is 73.0 cm³/mol. The topological polar surface area (TPSA) is 112 Å². The molecule has 0 bridgehead atoms. The molecule has 0 amide bonds. The summed E-state index contributed by atoms with van der Waals surface area (Å²) < 4.78 is 14.8. The molecule has 3 N–H and O–H groups in total. The Bertz CT molecular complexity index is 622. The van der Waals surface area contributed by atoms with E-state index in [1.807, 2.05) is 0 Å². The normalized spacial score (nSPS) is 10.3. The van der Waals surface area contributed by atoms with Crippen molar-refractivity contribution in [3.05, 3.63) is 16.6 Å². The minimum Gasteiger partial charge on any atom is -0.492 e. The standard InChI is InChI=1S/C11H14N4O4S/c1-5-14-6(19-15-5)4-13-10-8(17-2)7(12)9(20-10)11(16)18-3/h13H,4,12H2,1-3H3. The number of carbonyl (C=O) groups is 1. The summed E-state index contributed by atoms with van der Waals surface area (Å²) in [6.45, 7) is 2.03. The summed E-state index contributed by atoms with van der Waals surface area (Å²) in [7, 11) is 2.77. The van der Waals surface area contributed by atoms with Crippen LogP contribution in [0, 0.1) is 6.92 Å². The quantitative estimate of drug-likeness (QED) is 0.797. The number of aryl methyl sites for hydroxylation is 1. The summed E-state index contributed by atoms with van der Waals surface area (Å²) in [6.07, 6.45) is 0. The number of nitrogens with zero attached hydrogens (tertiary/aromatic N) is 2. The van der Waals surface area contributed by atoms with Gasteiger partial charge in [0.1, 0.15) is 15.6 Å². The van der Waals surface area contributed by atoms with Gasteiger partial charge in [-0.2, -0.15) is 4.98 Å². The van der Waals surface area contributed by atoms with Gasteiger partial charge in [0.05, 0.1) is 20.8 Å². The fraction of sp³-hybridized carbons (Fsp3) is 0.364. The Morgan fingerprint density at radius 3 is 2.80 bits per heavy atom. The van der Waals surface area contributed by atoms with Crippen LogP contribution in [0.5, 0.6) is 5.75 Å². The van der Waals surface area contributed by atoms with Crippen LogP contribution < -0.4 is 15.8 Å². The van der Waals surface area contributed by atoms with Gasteiger partial charge in [0, 0.05) is 0 Å². The number of methoxy groups -OCH3 is 2. The maximum atomic E-state index is 11.6. The average Bonchev–Trinajstić information content (AvgIpc) is 2.99. The monoisotopic (exact) mass is 298 g/mol. The molecule has 0 saturated carbocycles. The number of nitrogens with two attached hydrogens (primary N) is 1. The number of aromatic nitrogens is 2. The van der Waals surface area contributed by atoms with Crippen LogP contribution in [-0.2, 0) is 11.3 Å². The maximum Gasteiger partial charge on any atom is 0.350 e. The second kappa shape index (κ2) is 5.78. The van der Waals surface area contributed by atoms with Gasteiger partial charge >= 0.3 is 5.97 Å². The van der Waals surface area contributed by atoms with E-state index in [2.05, 4.69) is 20.2 Å². The van der Waals surface area contributed by atoms with E-state index in [1.54, 1.807) is 6.92 Å². The molecular formula is C11H14N4O4S. The molecule has 0 atom stereocenters. The number of nitrogen functional groups attached to an aromatic ring is 1. The van der Waals surface area contributed by atoms with Crippen LogP contribution in [-0.4, -0.2) is 30.3 Å². The Hall–Kier alpha value is -2.29. The van der Waals surface area contributed by atoms with Crippen LogP contribution in [0.25, 0.3) is 0 Å². The summed E-state index contributed by atoms with van der Waals surface area (Å²) in [5.74, 6) is 0.866. The Balaban J connectivity index is 2.20. The van der Waals surface area contributed by atoms with Crippen LogP contribution in [0.3, 0.4) is 0 Å². The van der Waals surface area contributed by atoms with Crippen LogP contribution in [0.15, 0.2) is 4.52 Å². The Morgan fingerprint density at radius 1 is 1.50 bits per heavy atom. The van der Waals surface area contributed by atoms with Crippen molar-refractivity contribution in [3.8, 4) is 5.75 Å². The summed E-state index contributed by atoms with van der Waals surface area (Å²) >= 11 is 1.14.